The first kappa shape index (κ1) is 35.5. The lowest BCUT2D eigenvalue weighted by molar-refractivity contribution is -0.176. The van der Waals surface area contributed by atoms with Gasteiger partial charge in [0, 0.05) is 24.8 Å². The molecule has 0 unspecified atom stereocenters. The van der Waals surface area contributed by atoms with Gasteiger partial charge in [0.2, 0.25) is 0 Å². The Hall–Kier alpha value is -3.53. The Morgan fingerprint density at radius 1 is 0.635 bits per heavy atom. The first-order valence-corrected chi connectivity index (χ1v) is 22.6. The van der Waals surface area contributed by atoms with Gasteiger partial charge < -0.3 is 4.74 Å². The Labute approximate surface area is 305 Å². The average molecular weight is 747 g/mol. The van der Waals surface area contributed by atoms with E-state index >= 15 is 17.2 Å². The molecule has 0 saturated heterocycles. The normalized spacial score (nSPS) is 26.3. The maximum absolute atomic E-state index is 17.1. The monoisotopic (exact) mass is 746 g/mol. The van der Waals surface area contributed by atoms with E-state index in [2.05, 4.69) is 0 Å². The van der Waals surface area contributed by atoms with E-state index in [-0.39, 0.29) is 0 Å². The van der Waals surface area contributed by atoms with E-state index in [1.807, 2.05) is 121 Å². The highest BCUT2D eigenvalue weighted by atomic mass is 32.4. The first-order chi connectivity index (χ1) is 25.0. The maximum Gasteiger partial charge on any atom is 0.403 e. The van der Waals surface area contributed by atoms with Crippen LogP contribution in [0.1, 0.15) is 70.6 Å². The second-order valence-electron chi connectivity index (χ2n) is 16.0. The molecule has 5 fully saturated rings. The van der Waals surface area contributed by atoms with Gasteiger partial charge in [-0.1, -0.05) is 101 Å². The van der Waals surface area contributed by atoms with Crippen LogP contribution >= 0.6 is 8.58 Å². The number of rotatable bonds is 11. The van der Waals surface area contributed by atoms with Crippen LogP contribution in [-0.4, -0.2) is 31.5 Å². The predicted octanol–water partition coefficient (Wildman–Crippen LogP) is 11.0. The molecule has 0 aliphatic heterocycles. The Kier molecular flexibility index (Phi) is 8.55. The summed E-state index contributed by atoms with van der Waals surface area (Å²) in [7, 11) is -11.5. The molecular weight excluding hydrogens is 699 g/mol. The molecule has 276 valence electrons. The third-order valence-electron chi connectivity index (χ3n) is 13.1. The lowest BCUT2D eigenvalue weighted by Crippen LogP contribution is -2.54. The molecule has 5 aliphatic rings. The Morgan fingerprint density at radius 3 is 1.37 bits per heavy atom. The Bertz CT molecular complexity index is 1820. The highest BCUT2D eigenvalue weighted by Gasteiger charge is 2.76. The highest BCUT2D eigenvalue weighted by Crippen LogP contribution is 3.10. The fourth-order valence-electron chi connectivity index (χ4n) is 11.5. The van der Waals surface area contributed by atoms with Crippen molar-refractivity contribution in [2.45, 2.75) is 101 Å². The molecule has 52 heavy (non-hydrogen) atoms. The molecule has 4 aromatic rings. The summed E-state index contributed by atoms with van der Waals surface area (Å²) >= 11 is 0. The smallest absolute Gasteiger partial charge is 0.403 e. The van der Waals surface area contributed by atoms with Crippen LogP contribution in [0, 0.1) is 23.2 Å². The summed E-state index contributed by atoms with van der Waals surface area (Å²) < 4.78 is 77.0. The molecule has 0 atom stereocenters. The number of carbonyl (C=O) groups is 1. The van der Waals surface area contributed by atoms with Gasteiger partial charge in [-0.25, -0.2) is 3.63 Å². The summed E-state index contributed by atoms with van der Waals surface area (Å²) in [5.74, 6) is 0.472. The SMILES string of the molecule is O=C(OCC(F)(F)S(=O)(=O)OS(c1ccccc1)(c1ccccc1)(c1ccccc1)(c1ccccc1)C1CCCCC1)C12CC3CC(CC(C3)C1)C2. The van der Waals surface area contributed by atoms with Gasteiger partial charge in [-0.05, 0) is 118 Å². The van der Waals surface area contributed by atoms with Gasteiger partial charge in [-0.15, -0.1) is 0 Å². The lowest BCUT2D eigenvalue weighted by atomic mass is 9.49. The molecule has 0 aromatic heterocycles. The summed E-state index contributed by atoms with van der Waals surface area (Å²) in [5, 5.41) is -5.12. The number of halogens is 2. The molecule has 5 nitrogen and oxygen atoms in total. The van der Waals surface area contributed by atoms with Gasteiger partial charge in [0.15, 0.2) is 6.61 Å². The zero-order chi connectivity index (χ0) is 36.1. The van der Waals surface area contributed by atoms with Crippen molar-refractivity contribution in [2.24, 2.45) is 23.2 Å². The summed E-state index contributed by atoms with van der Waals surface area (Å²) in [6, 6.07) is 36.8. The second kappa shape index (κ2) is 12.5. The van der Waals surface area contributed by atoms with Gasteiger partial charge in [-0.2, -0.15) is 17.2 Å². The van der Waals surface area contributed by atoms with Crippen LogP contribution < -0.4 is 0 Å². The number of ether oxygens (including phenoxy) is 1. The Morgan fingerprint density at radius 2 is 1.00 bits per heavy atom. The molecule has 0 radical (unpaired) electrons. The lowest BCUT2D eigenvalue weighted by Gasteiger charge is -2.82. The van der Waals surface area contributed by atoms with Crippen molar-refractivity contribution < 1.29 is 30.4 Å². The van der Waals surface area contributed by atoms with Gasteiger partial charge >= 0.3 is 21.3 Å². The molecule has 9 heteroatoms. The molecular formula is C43H48F2O5S2. The van der Waals surface area contributed by atoms with E-state index in [0.29, 0.717) is 69.4 Å². The predicted molar refractivity (Wildman–Crippen MR) is 200 cm³/mol. The summed E-state index contributed by atoms with van der Waals surface area (Å²) in [4.78, 5) is 15.9. The van der Waals surface area contributed by atoms with E-state index in [1.54, 1.807) is 0 Å². The van der Waals surface area contributed by atoms with Crippen molar-refractivity contribution in [1.82, 2.24) is 0 Å². The van der Waals surface area contributed by atoms with E-state index < -0.39 is 47.2 Å². The average Bonchev–Trinajstić information content (AvgIpc) is 3.17. The fraction of sp³-hybridized carbons (Fsp3) is 0.419. The third kappa shape index (κ3) is 4.73. The molecule has 4 aromatic carbocycles. The van der Waals surface area contributed by atoms with Crippen molar-refractivity contribution in [3.05, 3.63) is 121 Å². The van der Waals surface area contributed by atoms with Crippen LogP contribution in [0.25, 0.3) is 0 Å². The van der Waals surface area contributed by atoms with Gasteiger partial charge in [0.25, 0.3) is 0 Å². The number of benzene rings is 4. The van der Waals surface area contributed by atoms with Crippen LogP contribution in [0.15, 0.2) is 141 Å². The van der Waals surface area contributed by atoms with Crippen molar-refractivity contribution in [3.8, 4) is 0 Å². The molecule has 5 aliphatic carbocycles. The second-order valence-corrected chi connectivity index (χ2v) is 23.6. The van der Waals surface area contributed by atoms with Crippen LogP contribution in [0.5, 0.6) is 0 Å². The quantitative estimate of drug-likeness (QED) is 0.143. The summed E-state index contributed by atoms with van der Waals surface area (Å²) in [5.41, 5.74) is -0.820. The van der Waals surface area contributed by atoms with Crippen molar-refractivity contribution in [1.29, 1.82) is 0 Å². The number of hydrogen-bond acceptors (Lipinski definition) is 5. The van der Waals surface area contributed by atoms with Crippen LogP contribution in [0.2, 0.25) is 0 Å². The molecule has 0 spiro atoms. The zero-order valence-corrected chi connectivity index (χ0v) is 31.1. The number of carbonyl (C=O) groups excluding carboxylic acids is 1. The van der Waals surface area contributed by atoms with E-state index in [4.69, 9.17) is 8.37 Å². The highest BCUT2D eigenvalue weighted by molar-refractivity contribution is 8.63. The van der Waals surface area contributed by atoms with E-state index in [9.17, 15) is 4.79 Å². The third-order valence-corrected chi connectivity index (χ3v) is 24.0. The van der Waals surface area contributed by atoms with Crippen molar-refractivity contribution in [2.75, 3.05) is 6.61 Å². The largest absolute Gasteiger partial charge is 0.458 e. The van der Waals surface area contributed by atoms with Crippen molar-refractivity contribution in [3.63, 3.8) is 0 Å². The summed E-state index contributed by atoms with van der Waals surface area (Å²) in [6.07, 6.45) is 8.61. The molecule has 4 bridgehead atoms. The van der Waals surface area contributed by atoms with E-state index in [0.717, 1.165) is 38.5 Å². The number of hydrogen-bond donors (Lipinski definition) is 0. The molecule has 0 amide bonds. The fourth-order valence-corrected chi connectivity index (χ4v) is 23.6. The Balaban J connectivity index is 1.37. The zero-order valence-electron chi connectivity index (χ0n) is 29.5. The maximum atomic E-state index is 17.1. The molecule has 5 saturated carbocycles. The molecule has 9 rings (SSSR count). The number of esters is 1. The van der Waals surface area contributed by atoms with Crippen LogP contribution in [0.3, 0.4) is 0 Å². The summed E-state index contributed by atoms with van der Waals surface area (Å²) in [6.45, 7) is -1.61. The van der Waals surface area contributed by atoms with E-state index in [1.165, 1.54) is 0 Å². The van der Waals surface area contributed by atoms with Crippen molar-refractivity contribution >= 4 is 24.7 Å². The minimum Gasteiger partial charge on any atom is -0.458 e. The standard InChI is InChI=1S/C43H48F2O5S2/c44-43(45,32-49-41(46)42-29-33-26-34(30-42)28-35(27-33)31-42)51(47,48)50-52(36-16-6-1-7-17-36,37-18-8-2-9-19-37,38-20-10-3-11-21-38,39-22-12-4-13-23-39)40-24-14-5-15-25-40/h1-4,6-13,16-23,33-35,40H,5,14-15,24-32H2. The van der Waals surface area contributed by atoms with Crippen LogP contribution in [0.4, 0.5) is 8.78 Å². The molecule has 0 heterocycles. The first-order valence-electron chi connectivity index (χ1n) is 18.8. The van der Waals surface area contributed by atoms with Crippen LogP contribution in [-0.2, 0) is 23.3 Å². The van der Waals surface area contributed by atoms with Gasteiger partial charge in [-0.3, -0.25) is 4.79 Å². The van der Waals surface area contributed by atoms with Gasteiger partial charge in [0.05, 0.1) is 5.41 Å². The number of alkyl halides is 2. The topological polar surface area (TPSA) is 69.7 Å². The van der Waals surface area contributed by atoms with Gasteiger partial charge in [0.1, 0.15) is 0 Å². The molecule has 0 N–H and O–H groups in total. The minimum absolute atomic E-state index is 0.390. The minimum atomic E-state index is -5.89.